The fourth-order valence-electron chi connectivity index (χ4n) is 2.75. The molecule has 0 radical (unpaired) electrons. The standard InChI is InChI=1S/C15H24N2O4/c1-15(2,3)11(14(20)21)16-12(18)10-5-4-8-17(10)13(19)9-6-7-9/h9-11H,4-8H2,1-3H3,(H,16,18)(H,20,21)/t10?,11-/m0/s1. The molecule has 1 aliphatic heterocycles. The summed E-state index contributed by atoms with van der Waals surface area (Å²) in [6.07, 6.45) is 3.22. The first-order valence-corrected chi connectivity index (χ1v) is 7.55. The predicted molar refractivity (Wildman–Crippen MR) is 76.5 cm³/mol. The minimum atomic E-state index is -1.05. The van der Waals surface area contributed by atoms with Crippen LogP contribution in [0.1, 0.15) is 46.5 Å². The number of carbonyl (C=O) groups excluding carboxylic acids is 2. The van der Waals surface area contributed by atoms with Crippen molar-refractivity contribution in [2.24, 2.45) is 11.3 Å². The topological polar surface area (TPSA) is 86.7 Å². The lowest BCUT2D eigenvalue weighted by atomic mass is 9.86. The molecule has 0 spiro atoms. The Hall–Kier alpha value is -1.59. The Kier molecular flexibility index (Phi) is 4.25. The number of carboxylic acids is 1. The van der Waals surface area contributed by atoms with Gasteiger partial charge in [0.25, 0.3) is 0 Å². The van der Waals surface area contributed by atoms with Crippen molar-refractivity contribution in [3.05, 3.63) is 0 Å². The molecule has 1 heterocycles. The summed E-state index contributed by atoms with van der Waals surface area (Å²) >= 11 is 0. The van der Waals surface area contributed by atoms with Gasteiger partial charge in [0.05, 0.1) is 0 Å². The number of carboxylic acid groups (broad SMARTS) is 1. The Morgan fingerprint density at radius 2 is 1.81 bits per heavy atom. The molecule has 2 N–H and O–H groups in total. The van der Waals surface area contributed by atoms with Gasteiger partial charge < -0.3 is 15.3 Å². The van der Waals surface area contributed by atoms with Crippen LogP contribution in [0.15, 0.2) is 0 Å². The van der Waals surface area contributed by atoms with Gasteiger partial charge in [-0.1, -0.05) is 20.8 Å². The minimum Gasteiger partial charge on any atom is -0.480 e. The zero-order valence-corrected chi connectivity index (χ0v) is 12.9. The van der Waals surface area contributed by atoms with Crippen LogP contribution in [0.4, 0.5) is 0 Å². The zero-order valence-electron chi connectivity index (χ0n) is 12.9. The van der Waals surface area contributed by atoms with Gasteiger partial charge in [0, 0.05) is 12.5 Å². The van der Waals surface area contributed by atoms with Crippen molar-refractivity contribution in [2.75, 3.05) is 6.54 Å². The van der Waals surface area contributed by atoms with E-state index in [0.29, 0.717) is 13.0 Å². The van der Waals surface area contributed by atoms with Gasteiger partial charge in [-0.25, -0.2) is 4.79 Å². The number of carbonyl (C=O) groups is 3. The van der Waals surface area contributed by atoms with E-state index >= 15 is 0 Å². The molecule has 1 unspecified atom stereocenters. The van der Waals surface area contributed by atoms with E-state index in [9.17, 15) is 19.5 Å². The lowest BCUT2D eigenvalue weighted by Gasteiger charge is -2.31. The number of rotatable bonds is 4. The molecular weight excluding hydrogens is 272 g/mol. The average Bonchev–Trinajstić information content (AvgIpc) is 3.10. The molecule has 118 valence electrons. The molecule has 6 heteroatoms. The van der Waals surface area contributed by atoms with Crippen molar-refractivity contribution in [3.8, 4) is 0 Å². The van der Waals surface area contributed by atoms with Gasteiger partial charge in [-0.2, -0.15) is 0 Å². The van der Waals surface area contributed by atoms with Crippen LogP contribution in [0, 0.1) is 11.3 Å². The summed E-state index contributed by atoms with van der Waals surface area (Å²) in [6.45, 7) is 5.91. The van der Waals surface area contributed by atoms with Crippen molar-refractivity contribution >= 4 is 17.8 Å². The molecule has 0 bridgehead atoms. The van der Waals surface area contributed by atoms with E-state index < -0.39 is 23.5 Å². The summed E-state index contributed by atoms with van der Waals surface area (Å²) in [7, 11) is 0. The first-order valence-electron chi connectivity index (χ1n) is 7.55. The lowest BCUT2D eigenvalue weighted by molar-refractivity contribution is -0.146. The highest BCUT2D eigenvalue weighted by molar-refractivity contribution is 5.92. The zero-order chi connectivity index (χ0) is 15.8. The molecule has 1 aliphatic carbocycles. The predicted octanol–water partition coefficient (Wildman–Crippen LogP) is 1.00. The van der Waals surface area contributed by atoms with Gasteiger partial charge >= 0.3 is 5.97 Å². The van der Waals surface area contributed by atoms with Crippen LogP contribution < -0.4 is 5.32 Å². The van der Waals surface area contributed by atoms with Crippen molar-refractivity contribution in [1.29, 1.82) is 0 Å². The number of aliphatic carboxylic acids is 1. The molecular formula is C15H24N2O4. The van der Waals surface area contributed by atoms with Gasteiger partial charge in [0.2, 0.25) is 11.8 Å². The largest absolute Gasteiger partial charge is 0.480 e. The number of likely N-dealkylation sites (tertiary alicyclic amines) is 1. The van der Waals surface area contributed by atoms with Gasteiger partial charge in [-0.05, 0) is 31.1 Å². The third kappa shape index (κ3) is 3.54. The highest BCUT2D eigenvalue weighted by atomic mass is 16.4. The maximum absolute atomic E-state index is 12.4. The Morgan fingerprint density at radius 3 is 2.29 bits per heavy atom. The molecule has 2 fully saturated rings. The van der Waals surface area contributed by atoms with Gasteiger partial charge in [-0.3, -0.25) is 9.59 Å². The van der Waals surface area contributed by atoms with Crippen LogP contribution in [0.2, 0.25) is 0 Å². The van der Waals surface area contributed by atoms with Gasteiger partial charge in [0.1, 0.15) is 12.1 Å². The average molecular weight is 296 g/mol. The number of hydrogen-bond donors (Lipinski definition) is 2. The highest BCUT2D eigenvalue weighted by Crippen LogP contribution is 2.33. The summed E-state index contributed by atoms with van der Waals surface area (Å²) in [4.78, 5) is 37.5. The number of nitrogens with zero attached hydrogens (tertiary/aromatic N) is 1. The first kappa shape index (κ1) is 15.8. The Balaban J connectivity index is 2.04. The molecule has 2 amide bonds. The van der Waals surface area contributed by atoms with Gasteiger partial charge in [0.15, 0.2) is 0 Å². The number of amides is 2. The monoisotopic (exact) mass is 296 g/mol. The maximum atomic E-state index is 12.4. The van der Waals surface area contributed by atoms with Crippen LogP contribution >= 0.6 is 0 Å². The van der Waals surface area contributed by atoms with E-state index in [1.807, 2.05) is 0 Å². The van der Waals surface area contributed by atoms with Crippen molar-refractivity contribution in [2.45, 2.75) is 58.5 Å². The fraction of sp³-hybridized carbons (Fsp3) is 0.800. The first-order chi connectivity index (χ1) is 9.71. The van der Waals surface area contributed by atoms with Crippen molar-refractivity contribution in [3.63, 3.8) is 0 Å². The normalized spacial score (nSPS) is 23.8. The second-order valence-corrected chi connectivity index (χ2v) is 7.11. The molecule has 0 aromatic carbocycles. The van der Waals surface area contributed by atoms with E-state index in [-0.39, 0.29) is 17.7 Å². The lowest BCUT2D eigenvalue weighted by Crippen LogP contribution is -2.55. The highest BCUT2D eigenvalue weighted by Gasteiger charge is 2.42. The summed E-state index contributed by atoms with van der Waals surface area (Å²) in [5.74, 6) is -1.26. The fourth-order valence-corrected chi connectivity index (χ4v) is 2.75. The summed E-state index contributed by atoms with van der Waals surface area (Å²) in [5.41, 5.74) is -0.578. The molecule has 2 atom stereocenters. The van der Waals surface area contributed by atoms with E-state index in [2.05, 4.69) is 5.32 Å². The molecule has 1 saturated carbocycles. The van der Waals surface area contributed by atoms with Gasteiger partial charge in [-0.15, -0.1) is 0 Å². The molecule has 2 aliphatic rings. The smallest absolute Gasteiger partial charge is 0.326 e. The summed E-state index contributed by atoms with van der Waals surface area (Å²) < 4.78 is 0. The molecule has 0 aromatic heterocycles. The number of hydrogen-bond acceptors (Lipinski definition) is 3. The third-order valence-corrected chi connectivity index (χ3v) is 4.16. The summed E-state index contributed by atoms with van der Waals surface area (Å²) in [5, 5.41) is 11.9. The minimum absolute atomic E-state index is 0.0512. The van der Waals surface area contributed by atoms with Crippen LogP contribution in [-0.2, 0) is 14.4 Å². The Labute approximate surface area is 124 Å². The van der Waals surface area contributed by atoms with E-state index in [1.165, 1.54) is 0 Å². The summed E-state index contributed by atoms with van der Waals surface area (Å²) in [6, 6.07) is -1.47. The van der Waals surface area contributed by atoms with Crippen molar-refractivity contribution < 1.29 is 19.5 Å². The molecule has 2 rings (SSSR count). The van der Waals surface area contributed by atoms with Crippen molar-refractivity contribution in [1.82, 2.24) is 10.2 Å². The van der Waals surface area contributed by atoms with Crippen LogP contribution in [0.25, 0.3) is 0 Å². The quantitative estimate of drug-likeness (QED) is 0.810. The molecule has 1 saturated heterocycles. The second-order valence-electron chi connectivity index (χ2n) is 7.11. The maximum Gasteiger partial charge on any atom is 0.326 e. The van der Waals surface area contributed by atoms with Crippen LogP contribution in [0.3, 0.4) is 0 Å². The van der Waals surface area contributed by atoms with E-state index in [0.717, 1.165) is 19.3 Å². The van der Waals surface area contributed by atoms with E-state index in [1.54, 1.807) is 25.7 Å². The Bertz CT molecular complexity index is 451. The molecule has 0 aromatic rings. The third-order valence-electron chi connectivity index (χ3n) is 4.16. The molecule has 6 nitrogen and oxygen atoms in total. The molecule has 21 heavy (non-hydrogen) atoms. The Morgan fingerprint density at radius 1 is 1.19 bits per heavy atom. The number of nitrogens with one attached hydrogen (secondary N) is 1. The van der Waals surface area contributed by atoms with Crippen LogP contribution in [0.5, 0.6) is 0 Å². The SMILES string of the molecule is CC(C)(C)[C@@H](NC(=O)C1CCCN1C(=O)C1CC1)C(=O)O. The second kappa shape index (κ2) is 5.66. The van der Waals surface area contributed by atoms with E-state index in [4.69, 9.17) is 0 Å². The van der Waals surface area contributed by atoms with Crippen LogP contribution in [-0.4, -0.2) is 46.4 Å².